The molecule has 3 nitrogen and oxygen atoms in total. The van der Waals surface area contributed by atoms with E-state index in [1.165, 1.54) is 6.07 Å². The van der Waals surface area contributed by atoms with Crippen molar-refractivity contribution >= 4 is 34.2 Å². The summed E-state index contributed by atoms with van der Waals surface area (Å²) in [6.45, 7) is 6.38. The van der Waals surface area contributed by atoms with Crippen LogP contribution in [0.25, 0.3) is 11.0 Å². The van der Waals surface area contributed by atoms with Crippen LogP contribution in [0.4, 0.5) is 4.39 Å². The van der Waals surface area contributed by atoms with Crippen LogP contribution in [0, 0.1) is 11.7 Å². The summed E-state index contributed by atoms with van der Waals surface area (Å²) in [4.78, 5) is 4.35. The number of hydrogen-bond donors (Lipinski definition) is 0. The van der Waals surface area contributed by atoms with Crippen molar-refractivity contribution in [1.29, 1.82) is 0 Å². The number of aromatic nitrogens is 2. The quantitative estimate of drug-likeness (QED) is 0.546. The van der Waals surface area contributed by atoms with Crippen LogP contribution in [0.15, 0.2) is 12.1 Å². The van der Waals surface area contributed by atoms with Crippen LogP contribution in [0.1, 0.15) is 26.1 Å². The monoisotopic (exact) mass is 332 g/mol. The van der Waals surface area contributed by atoms with Gasteiger partial charge in [0.1, 0.15) is 11.6 Å². The Hall–Kier alpha value is -0.840. The number of hydrogen-bond acceptors (Lipinski definition) is 2. The number of halogens is 3. The summed E-state index contributed by atoms with van der Waals surface area (Å²) in [6.07, 6.45) is 0.844. The van der Waals surface area contributed by atoms with Gasteiger partial charge in [0, 0.05) is 25.8 Å². The van der Waals surface area contributed by atoms with E-state index in [1.54, 1.807) is 6.07 Å². The lowest BCUT2D eigenvalue weighted by atomic mass is 10.2. The van der Waals surface area contributed by atoms with Crippen molar-refractivity contribution in [3.63, 3.8) is 0 Å². The molecule has 0 N–H and O–H groups in total. The normalized spacial score (nSPS) is 11.7. The molecule has 2 aromatic rings. The third kappa shape index (κ3) is 4.09. The van der Waals surface area contributed by atoms with E-state index in [-0.39, 0.29) is 10.9 Å². The maximum absolute atomic E-state index is 13.5. The minimum atomic E-state index is -0.463. The molecule has 0 bridgehead atoms. The molecular weight excluding hydrogens is 314 g/mol. The largest absolute Gasteiger partial charge is 0.381 e. The number of ether oxygens (including phenoxy) is 1. The summed E-state index contributed by atoms with van der Waals surface area (Å²) < 4.78 is 21.0. The van der Waals surface area contributed by atoms with E-state index in [0.717, 1.165) is 30.9 Å². The van der Waals surface area contributed by atoms with Gasteiger partial charge in [-0.25, -0.2) is 9.37 Å². The van der Waals surface area contributed by atoms with Crippen molar-refractivity contribution in [2.75, 3.05) is 13.2 Å². The molecule has 1 aromatic carbocycles. The summed E-state index contributed by atoms with van der Waals surface area (Å²) in [5, 5.41) is 0.0980. The van der Waals surface area contributed by atoms with E-state index >= 15 is 0 Å². The van der Waals surface area contributed by atoms with E-state index in [2.05, 4.69) is 18.8 Å². The fourth-order valence-corrected chi connectivity index (χ4v) is 2.53. The minimum Gasteiger partial charge on any atom is -0.381 e. The predicted molar refractivity (Wildman–Crippen MR) is 84.5 cm³/mol. The van der Waals surface area contributed by atoms with Crippen molar-refractivity contribution < 1.29 is 9.13 Å². The highest BCUT2D eigenvalue weighted by molar-refractivity contribution is 6.31. The number of nitrogens with zero attached hydrogens (tertiary/aromatic N) is 2. The number of benzene rings is 1. The van der Waals surface area contributed by atoms with E-state index in [9.17, 15) is 4.39 Å². The molecule has 0 amide bonds. The highest BCUT2D eigenvalue weighted by atomic mass is 35.5. The number of rotatable bonds is 7. The maximum atomic E-state index is 13.5. The zero-order valence-electron chi connectivity index (χ0n) is 12.2. The van der Waals surface area contributed by atoms with Gasteiger partial charge in [0.25, 0.3) is 0 Å². The van der Waals surface area contributed by atoms with E-state index in [0.29, 0.717) is 18.0 Å². The van der Waals surface area contributed by atoms with Gasteiger partial charge in [-0.1, -0.05) is 25.4 Å². The first kappa shape index (κ1) is 16.5. The van der Waals surface area contributed by atoms with Crippen LogP contribution in [-0.2, 0) is 17.2 Å². The molecule has 1 aromatic heterocycles. The lowest BCUT2D eigenvalue weighted by Crippen LogP contribution is -2.08. The van der Waals surface area contributed by atoms with Gasteiger partial charge in [0.2, 0.25) is 0 Å². The second kappa shape index (κ2) is 7.43. The molecule has 0 atom stereocenters. The van der Waals surface area contributed by atoms with Gasteiger partial charge in [-0.15, -0.1) is 11.6 Å². The fraction of sp³-hybridized carbons (Fsp3) is 0.533. The Bertz CT molecular complexity index is 613. The maximum Gasteiger partial charge on any atom is 0.144 e. The van der Waals surface area contributed by atoms with Gasteiger partial charge in [-0.3, -0.25) is 0 Å². The average Bonchev–Trinajstić information content (AvgIpc) is 2.76. The predicted octanol–water partition coefficient (Wildman–Crippen LogP) is 4.63. The average molecular weight is 333 g/mol. The zero-order chi connectivity index (χ0) is 15.4. The van der Waals surface area contributed by atoms with E-state index in [1.807, 2.05) is 4.57 Å². The fourth-order valence-electron chi connectivity index (χ4n) is 2.17. The Morgan fingerprint density at radius 1 is 1.38 bits per heavy atom. The smallest absolute Gasteiger partial charge is 0.144 e. The van der Waals surface area contributed by atoms with Gasteiger partial charge >= 0.3 is 0 Å². The molecule has 0 aliphatic heterocycles. The molecule has 0 aliphatic carbocycles. The highest BCUT2D eigenvalue weighted by Crippen LogP contribution is 2.24. The van der Waals surface area contributed by atoms with Gasteiger partial charge in [-0.05, 0) is 18.4 Å². The molecule has 0 saturated heterocycles. The van der Waals surface area contributed by atoms with Crippen molar-refractivity contribution in [1.82, 2.24) is 9.55 Å². The number of imidazole rings is 1. The molecule has 0 fully saturated rings. The molecule has 0 aliphatic rings. The van der Waals surface area contributed by atoms with Crippen LogP contribution in [-0.4, -0.2) is 22.8 Å². The van der Waals surface area contributed by atoms with Crippen LogP contribution in [0.2, 0.25) is 5.02 Å². The molecule has 6 heteroatoms. The summed E-state index contributed by atoms with van der Waals surface area (Å²) in [5.41, 5.74) is 1.39. The van der Waals surface area contributed by atoms with Crippen molar-refractivity contribution in [3.8, 4) is 0 Å². The van der Waals surface area contributed by atoms with Gasteiger partial charge < -0.3 is 9.30 Å². The van der Waals surface area contributed by atoms with Crippen molar-refractivity contribution in [2.45, 2.75) is 32.7 Å². The summed E-state index contributed by atoms with van der Waals surface area (Å²) in [7, 11) is 0. The molecule has 0 unspecified atom stereocenters. The second-order valence-corrected chi connectivity index (χ2v) is 6.07. The highest BCUT2D eigenvalue weighted by Gasteiger charge is 2.12. The Labute approximate surface area is 134 Å². The Kier molecular flexibility index (Phi) is 5.85. The Balaban J connectivity index is 2.12. The first-order chi connectivity index (χ1) is 10.0. The standard InChI is InChI=1S/C15H19Cl2FN2O/c1-10(2)9-21-5-3-4-20-14-6-11(17)12(18)7-13(14)19-15(20)8-16/h6-7,10H,3-5,8-9H2,1-2H3. The first-order valence-corrected chi connectivity index (χ1v) is 7.92. The summed E-state index contributed by atoms with van der Waals surface area (Å²) in [6, 6.07) is 2.95. The van der Waals surface area contributed by atoms with Crippen molar-refractivity contribution in [3.05, 3.63) is 28.8 Å². The Morgan fingerprint density at radius 2 is 2.14 bits per heavy atom. The number of alkyl halides is 1. The van der Waals surface area contributed by atoms with Crippen LogP contribution in [0.3, 0.4) is 0 Å². The van der Waals surface area contributed by atoms with Crippen LogP contribution in [0.5, 0.6) is 0 Å². The van der Waals surface area contributed by atoms with E-state index in [4.69, 9.17) is 27.9 Å². The third-order valence-electron chi connectivity index (χ3n) is 3.11. The topological polar surface area (TPSA) is 27.1 Å². The number of aryl methyl sites for hydroxylation is 1. The minimum absolute atomic E-state index is 0.0980. The summed E-state index contributed by atoms with van der Waals surface area (Å²) >= 11 is 11.8. The molecule has 21 heavy (non-hydrogen) atoms. The molecule has 0 spiro atoms. The SMILES string of the molecule is CC(C)COCCCn1c(CCl)nc2cc(F)c(Cl)cc21. The zero-order valence-corrected chi connectivity index (χ0v) is 13.7. The first-order valence-electron chi connectivity index (χ1n) is 7.00. The van der Waals surface area contributed by atoms with Crippen molar-refractivity contribution in [2.24, 2.45) is 5.92 Å². The van der Waals surface area contributed by atoms with Crippen LogP contribution < -0.4 is 0 Å². The van der Waals surface area contributed by atoms with Crippen LogP contribution >= 0.6 is 23.2 Å². The van der Waals surface area contributed by atoms with Gasteiger partial charge in [-0.2, -0.15) is 0 Å². The third-order valence-corrected chi connectivity index (χ3v) is 3.64. The molecule has 0 radical (unpaired) electrons. The molecule has 0 saturated carbocycles. The molecule has 116 valence electrons. The second-order valence-electron chi connectivity index (χ2n) is 5.39. The van der Waals surface area contributed by atoms with Gasteiger partial charge in [0.05, 0.1) is 21.9 Å². The van der Waals surface area contributed by atoms with E-state index < -0.39 is 5.82 Å². The molecule has 1 heterocycles. The number of fused-ring (bicyclic) bond motifs is 1. The summed E-state index contributed by atoms with van der Waals surface area (Å²) in [5.74, 6) is 1.06. The Morgan fingerprint density at radius 3 is 2.81 bits per heavy atom. The lowest BCUT2D eigenvalue weighted by Gasteiger charge is -2.09. The molecule has 2 rings (SSSR count). The van der Waals surface area contributed by atoms with Gasteiger partial charge in [0.15, 0.2) is 0 Å². The lowest BCUT2D eigenvalue weighted by molar-refractivity contribution is 0.105. The molecular formula is C15H19Cl2FN2O.